The number of nitrogens with one attached hydrogen (secondary N) is 1. The average Bonchev–Trinajstić information content (AvgIpc) is 2.69. The molecule has 1 aromatic heterocycles. The molecular formula is C20H24F3N3O3. The minimum Gasteiger partial charge on any atom is -0.503 e. The van der Waals surface area contributed by atoms with Crippen LogP contribution in [0.5, 0.6) is 5.75 Å². The molecule has 2 N–H and O–H groups in total. The molecular weight excluding hydrogens is 387 g/mol. The molecule has 0 spiro atoms. The lowest BCUT2D eigenvalue weighted by molar-refractivity contribution is -0.137. The Labute approximate surface area is 166 Å². The number of alkyl halides is 3. The van der Waals surface area contributed by atoms with Crippen LogP contribution in [0, 0.1) is 0 Å². The summed E-state index contributed by atoms with van der Waals surface area (Å²) >= 11 is 0. The number of rotatable bonds is 7. The van der Waals surface area contributed by atoms with Crippen molar-refractivity contribution in [1.29, 1.82) is 0 Å². The van der Waals surface area contributed by atoms with Crippen molar-refractivity contribution in [2.75, 3.05) is 7.05 Å². The van der Waals surface area contributed by atoms with Crippen molar-refractivity contribution >= 4 is 5.91 Å². The van der Waals surface area contributed by atoms with Gasteiger partial charge in [0.15, 0.2) is 11.4 Å². The van der Waals surface area contributed by atoms with Gasteiger partial charge in [0.05, 0.1) is 18.3 Å². The van der Waals surface area contributed by atoms with Gasteiger partial charge in [-0.15, -0.1) is 0 Å². The summed E-state index contributed by atoms with van der Waals surface area (Å²) in [6.07, 6.45) is -1.64. The molecule has 1 atom stereocenters. The molecule has 0 fully saturated rings. The highest BCUT2D eigenvalue weighted by Crippen LogP contribution is 2.38. The Hall–Kier alpha value is -2.84. The summed E-state index contributed by atoms with van der Waals surface area (Å²) in [5, 5.41) is 16.3. The first-order valence-electron chi connectivity index (χ1n) is 9.28. The number of benzene rings is 1. The largest absolute Gasteiger partial charge is 0.503 e. The van der Waals surface area contributed by atoms with E-state index in [2.05, 4.69) is 10.4 Å². The van der Waals surface area contributed by atoms with Crippen LogP contribution in [0.3, 0.4) is 0 Å². The van der Waals surface area contributed by atoms with Crippen molar-refractivity contribution in [2.45, 2.75) is 51.2 Å². The molecule has 1 unspecified atom stereocenters. The smallest absolute Gasteiger partial charge is 0.416 e. The summed E-state index contributed by atoms with van der Waals surface area (Å²) in [5.41, 5.74) is -2.37. The van der Waals surface area contributed by atoms with Gasteiger partial charge >= 0.3 is 6.18 Å². The molecule has 0 aliphatic heterocycles. The number of halogens is 3. The highest BCUT2D eigenvalue weighted by atomic mass is 19.4. The van der Waals surface area contributed by atoms with E-state index < -0.39 is 39.9 Å². The van der Waals surface area contributed by atoms with Crippen LogP contribution in [0.15, 0.2) is 35.3 Å². The summed E-state index contributed by atoms with van der Waals surface area (Å²) in [7, 11) is 1.33. The third-order valence-electron chi connectivity index (χ3n) is 5.06. The highest BCUT2D eigenvalue weighted by molar-refractivity contribution is 5.92. The predicted molar refractivity (Wildman–Crippen MR) is 102 cm³/mol. The summed E-state index contributed by atoms with van der Waals surface area (Å²) in [6, 6.07) is 5.14. The first kappa shape index (κ1) is 22.4. The van der Waals surface area contributed by atoms with Crippen LogP contribution in [0.1, 0.15) is 54.7 Å². The zero-order chi connectivity index (χ0) is 21.8. The topological polar surface area (TPSA) is 84.2 Å². The van der Waals surface area contributed by atoms with E-state index in [4.69, 9.17) is 0 Å². The molecule has 29 heavy (non-hydrogen) atoms. The summed E-state index contributed by atoms with van der Waals surface area (Å²) in [6.45, 7) is 3.87. The molecule has 6 nitrogen and oxygen atoms in total. The molecule has 1 heterocycles. The molecule has 0 radical (unpaired) electrons. The maximum absolute atomic E-state index is 13.2. The van der Waals surface area contributed by atoms with Crippen LogP contribution in [-0.4, -0.2) is 27.8 Å². The lowest BCUT2D eigenvalue weighted by Gasteiger charge is -2.34. The van der Waals surface area contributed by atoms with Crippen LogP contribution < -0.4 is 10.7 Å². The number of hydrogen-bond donors (Lipinski definition) is 2. The number of amides is 1. The second-order valence-corrected chi connectivity index (χ2v) is 6.93. The van der Waals surface area contributed by atoms with Gasteiger partial charge in [0.25, 0.3) is 11.3 Å². The fourth-order valence-corrected chi connectivity index (χ4v) is 3.49. The first-order chi connectivity index (χ1) is 13.6. The molecule has 1 amide bonds. The standard InChI is InChI=1S/C20H24F3N3O3/c1-4-9-19(5-2,13-7-6-8-14(10-13)20(21,22)23)12-26-11-15(27)17(28)16(25-26)18(29)24-3/h6-8,10-11,27H,4-5,9,12H2,1-3H3,(H,24,29). The monoisotopic (exact) mass is 411 g/mol. The Morgan fingerprint density at radius 3 is 2.45 bits per heavy atom. The van der Waals surface area contributed by atoms with Gasteiger partial charge in [0.1, 0.15) is 0 Å². The fraction of sp³-hybridized carbons (Fsp3) is 0.450. The molecule has 0 bridgehead atoms. The first-order valence-corrected chi connectivity index (χ1v) is 9.28. The quantitative estimate of drug-likeness (QED) is 0.731. The second-order valence-electron chi connectivity index (χ2n) is 6.93. The van der Waals surface area contributed by atoms with Gasteiger partial charge in [-0.05, 0) is 24.5 Å². The number of aromatic hydroxyl groups is 1. The van der Waals surface area contributed by atoms with Gasteiger partial charge in [-0.2, -0.15) is 18.3 Å². The van der Waals surface area contributed by atoms with Gasteiger partial charge in [-0.25, -0.2) is 0 Å². The normalized spacial score (nSPS) is 13.7. The molecule has 0 saturated heterocycles. The third-order valence-corrected chi connectivity index (χ3v) is 5.06. The second kappa shape index (κ2) is 8.67. The van der Waals surface area contributed by atoms with E-state index in [1.54, 1.807) is 6.07 Å². The Morgan fingerprint density at radius 2 is 1.90 bits per heavy atom. The van der Waals surface area contributed by atoms with E-state index in [1.807, 2.05) is 13.8 Å². The lowest BCUT2D eigenvalue weighted by Crippen LogP contribution is -2.35. The Balaban J connectivity index is 2.59. The van der Waals surface area contributed by atoms with E-state index in [-0.39, 0.29) is 6.54 Å². The fourth-order valence-electron chi connectivity index (χ4n) is 3.49. The van der Waals surface area contributed by atoms with Gasteiger partial charge in [-0.1, -0.05) is 38.5 Å². The Morgan fingerprint density at radius 1 is 1.24 bits per heavy atom. The van der Waals surface area contributed by atoms with Crippen molar-refractivity contribution in [3.63, 3.8) is 0 Å². The van der Waals surface area contributed by atoms with Crippen molar-refractivity contribution in [2.24, 2.45) is 0 Å². The van der Waals surface area contributed by atoms with Crippen LogP contribution in [0.2, 0.25) is 0 Å². The lowest BCUT2D eigenvalue weighted by atomic mass is 9.74. The van der Waals surface area contributed by atoms with Gasteiger partial charge in [0.2, 0.25) is 0 Å². The zero-order valence-corrected chi connectivity index (χ0v) is 16.5. The van der Waals surface area contributed by atoms with E-state index in [0.717, 1.165) is 18.3 Å². The van der Waals surface area contributed by atoms with E-state index in [1.165, 1.54) is 17.8 Å². The van der Waals surface area contributed by atoms with Gasteiger partial charge < -0.3 is 10.4 Å². The molecule has 2 aromatic rings. The van der Waals surface area contributed by atoms with Gasteiger partial charge in [0, 0.05) is 12.5 Å². The number of carbonyl (C=O) groups is 1. The Kier molecular flexibility index (Phi) is 6.71. The molecule has 0 aliphatic rings. The number of carbonyl (C=O) groups excluding carboxylic acids is 1. The maximum Gasteiger partial charge on any atom is 0.416 e. The van der Waals surface area contributed by atoms with Crippen molar-refractivity contribution < 1.29 is 23.1 Å². The van der Waals surface area contributed by atoms with E-state index in [0.29, 0.717) is 24.8 Å². The van der Waals surface area contributed by atoms with Gasteiger partial charge in [-0.3, -0.25) is 14.3 Å². The SMILES string of the molecule is CCCC(CC)(Cn1cc(O)c(=O)c(C(=O)NC)n1)c1cccc(C(F)(F)F)c1. The maximum atomic E-state index is 13.2. The zero-order valence-electron chi connectivity index (χ0n) is 16.5. The number of aromatic nitrogens is 2. The summed E-state index contributed by atoms with van der Waals surface area (Å²) < 4.78 is 40.9. The number of hydrogen-bond acceptors (Lipinski definition) is 4. The molecule has 0 aliphatic carbocycles. The molecule has 9 heteroatoms. The average molecular weight is 411 g/mol. The van der Waals surface area contributed by atoms with Crippen LogP contribution in [0.25, 0.3) is 0 Å². The minimum atomic E-state index is -4.47. The highest BCUT2D eigenvalue weighted by Gasteiger charge is 2.35. The van der Waals surface area contributed by atoms with Crippen LogP contribution in [-0.2, 0) is 18.1 Å². The van der Waals surface area contributed by atoms with E-state index >= 15 is 0 Å². The van der Waals surface area contributed by atoms with Crippen molar-refractivity contribution in [3.8, 4) is 5.75 Å². The molecule has 2 rings (SSSR count). The van der Waals surface area contributed by atoms with Crippen LogP contribution >= 0.6 is 0 Å². The minimum absolute atomic E-state index is 0.0937. The summed E-state index contributed by atoms with van der Waals surface area (Å²) in [4.78, 5) is 23.9. The van der Waals surface area contributed by atoms with Crippen molar-refractivity contribution in [1.82, 2.24) is 15.1 Å². The third kappa shape index (κ3) is 4.78. The molecule has 0 saturated carbocycles. The summed E-state index contributed by atoms with van der Waals surface area (Å²) in [5.74, 6) is -1.40. The van der Waals surface area contributed by atoms with Crippen molar-refractivity contribution in [3.05, 3.63) is 57.5 Å². The Bertz CT molecular complexity index is 941. The predicted octanol–water partition coefficient (Wildman–Crippen LogP) is 3.48. The molecule has 158 valence electrons. The number of nitrogens with zero attached hydrogens (tertiary/aromatic N) is 2. The van der Waals surface area contributed by atoms with Crippen LogP contribution in [0.4, 0.5) is 13.2 Å². The van der Waals surface area contributed by atoms with E-state index in [9.17, 15) is 27.9 Å². The molecule has 1 aromatic carbocycles.